The van der Waals surface area contributed by atoms with Crippen LogP contribution in [-0.2, 0) is 9.53 Å². The van der Waals surface area contributed by atoms with Crippen LogP contribution in [0.4, 0.5) is 24.8 Å². The number of halogens is 3. The van der Waals surface area contributed by atoms with Crippen LogP contribution in [-0.4, -0.2) is 64.6 Å². The number of ether oxygens (including phenoxy) is 1. The molecule has 6 rings (SSSR count). The van der Waals surface area contributed by atoms with Gasteiger partial charge in [0, 0.05) is 31.1 Å². The third-order valence-electron chi connectivity index (χ3n) is 7.43. The summed E-state index contributed by atoms with van der Waals surface area (Å²) in [6.45, 7) is -0.170. The molecule has 0 aliphatic heterocycles. The Balaban J connectivity index is 1.62. The second-order valence-corrected chi connectivity index (χ2v) is 9.45. The molecule has 1 aromatic carbocycles. The van der Waals surface area contributed by atoms with Crippen LogP contribution in [0.15, 0.2) is 12.1 Å². The standard InChI is InChI=1S/C24H27F3N6O3/c1-33(7-8-34)23-17(27)21(28-18-12-5-3-11(4-6-12)16(18)24(35)36-2)29-22(30-23)20-14-9-13(25)10-15(26)19(14)31-32-20/h9-12,16,18,34H,3-8H2,1-2H3,(H,31,32)(H,28,29,30)/t11?,12?,16-,18-/m0/s1. The maximum Gasteiger partial charge on any atom is 0.311 e. The number of hydrogen-bond donors (Lipinski definition) is 3. The van der Waals surface area contributed by atoms with Gasteiger partial charge in [0.2, 0.25) is 5.82 Å². The summed E-state index contributed by atoms with van der Waals surface area (Å²) in [4.78, 5) is 22.7. The average molecular weight is 505 g/mol. The van der Waals surface area contributed by atoms with E-state index in [4.69, 9.17) is 4.74 Å². The molecule has 0 amide bonds. The third-order valence-corrected chi connectivity index (χ3v) is 7.43. The van der Waals surface area contributed by atoms with Crippen LogP contribution in [0.1, 0.15) is 25.7 Å². The van der Waals surface area contributed by atoms with Crippen molar-refractivity contribution in [1.29, 1.82) is 0 Å². The van der Waals surface area contributed by atoms with E-state index in [1.165, 1.54) is 12.0 Å². The number of aromatic amines is 1. The highest BCUT2D eigenvalue weighted by molar-refractivity contribution is 5.92. The van der Waals surface area contributed by atoms with E-state index in [1.54, 1.807) is 7.05 Å². The molecule has 192 valence electrons. The van der Waals surface area contributed by atoms with Crippen molar-refractivity contribution < 1.29 is 27.8 Å². The molecule has 3 N–H and O–H groups in total. The first-order valence-electron chi connectivity index (χ1n) is 11.9. The van der Waals surface area contributed by atoms with Crippen molar-refractivity contribution in [2.24, 2.45) is 17.8 Å². The summed E-state index contributed by atoms with van der Waals surface area (Å²) in [5.74, 6) is -3.27. The lowest BCUT2D eigenvalue weighted by atomic mass is 9.61. The van der Waals surface area contributed by atoms with Gasteiger partial charge in [-0.25, -0.2) is 18.7 Å². The zero-order chi connectivity index (χ0) is 25.6. The van der Waals surface area contributed by atoms with E-state index in [2.05, 4.69) is 25.5 Å². The Morgan fingerprint density at radius 1 is 1.19 bits per heavy atom. The first kappa shape index (κ1) is 24.3. The first-order chi connectivity index (χ1) is 17.3. The molecule has 2 aromatic heterocycles. The number of carbonyl (C=O) groups is 1. The maximum atomic E-state index is 15.7. The molecule has 3 aliphatic carbocycles. The summed E-state index contributed by atoms with van der Waals surface area (Å²) in [6.07, 6.45) is 3.61. The number of nitrogens with one attached hydrogen (secondary N) is 2. The highest BCUT2D eigenvalue weighted by Gasteiger charge is 2.48. The zero-order valence-corrected chi connectivity index (χ0v) is 19.9. The number of fused-ring (bicyclic) bond motifs is 4. The second-order valence-electron chi connectivity index (χ2n) is 9.45. The van der Waals surface area contributed by atoms with Gasteiger partial charge in [-0.3, -0.25) is 9.89 Å². The van der Waals surface area contributed by atoms with Crippen molar-refractivity contribution in [2.45, 2.75) is 31.7 Å². The topological polar surface area (TPSA) is 116 Å². The Morgan fingerprint density at radius 3 is 2.61 bits per heavy atom. The Kier molecular flexibility index (Phi) is 6.45. The summed E-state index contributed by atoms with van der Waals surface area (Å²) in [6, 6.07) is 1.42. The van der Waals surface area contributed by atoms with Crippen LogP contribution in [0.3, 0.4) is 0 Å². The molecule has 9 nitrogen and oxygen atoms in total. The van der Waals surface area contributed by atoms with Crippen molar-refractivity contribution in [2.75, 3.05) is 37.5 Å². The largest absolute Gasteiger partial charge is 0.469 e. The fourth-order valence-electron chi connectivity index (χ4n) is 5.65. The SMILES string of the molecule is COC(=O)[C@H]1C2CCC(CC2)[C@@H]1Nc1nc(-c2[nH]nc3c(F)cc(F)cc23)nc(N(C)CCO)c1F. The molecule has 3 saturated carbocycles. The van der Waals surface area contributed by atoms with Crippen LogP contribution in [0.5, 0.6) is 0 Å². The van der Waals surface area contributed by atoms with Gasteiger partial charge in [-0.05, 0) is 43.6 Å². The monoisotopic (exact) mass is 504 g/mol. The minimum atomic E-state index is -0.857. The van der Waals surface area contributed by atoms with Gasteiger partial charge in [0.1, 0.15) is 17.0 Å². The van der Waals surface area contributed by atoms with Gasteiger partial charge >= 0.3 is 5.97 Å². The number of hydrogen-bond acceptors (Lipinski definition) is 8. The summed E-state index contributed by atoms with van der Waals surface area (Å²) < 4.78 is 49.1. The number of aliphatic hydroxyl groups is 1. The number of H-pyrrole nitrogens is 1. The van der Waals surface area contributed by atoms with Gasteiger partial charge in [-0.2, -0.15) is 9.49 Å². The van der Waals surface area contributed by atoms with E-state index in [1.807, 2.05) is 0 Å². The number of carbonyl (C=O) groups excluding carboxylic acids is 1. The molecule has 0 unspecified atom stereocenters. The van der Waals surface area contributed by atoms with E-state index < -0.39 is 29.4 Å². The minimum Gasteiger partial charge on any atom is -0.469 e. The molecule has 0 radical (unpaired) electrons. The molecule has 3 aromatic rings. The van der Waals surface area contributed by atoms with Crippen LogP contribution in [0.2, 0.25) is 0 Å². The number of nitrogens with zero attached hydrogens (tertiary/aromatic N) is 4. The fourth-order valence-corrected chi connectivity index (χ4v) is 5.65. The molecule has 0 spiro atoms. The molecule has 3 aliphatic rings. The Hall–Kier alpha value is -3.41. The van der Waals surface area contributed by atoms with E-state index >= 15 is 4.39 Å². The number of esters is 1. The summed E-state index contributed by atoms with van der Waals surface area (Å²) in [5, 5.41) is 19.2. The first-order valence-corrected chi connectivity index (χ1v) is 11.9. The number of rotatable bonds is 7. The Bertz CT molecular complexity index is 1290. The van der Waals surface area contributed by atoms with Gasteiger partial charge in [0.25, 0.3) is 0 Å². The van der Waals surface area contributed by atoms with Crippen molar-refractivity contribution >= 4 is 28.5 Å². The lowest BCUT2D eigenvalue weighted by Gasteiger charge is -2.47. The molecule has 12 heteroatoms. The lowest BCUT2D eigenvalue weighted by molar-refractivity contribution is -0.152. The normalized spacial score (nSPS) is 23.2. The zero-order valence-electron chi connectivity index (χ0n) is 19.9. The number of benzene rings is 1. The average Bonchev–Trinajstić information content (AvgIpc) is 3.29. The molecule has 2 heterocycles. The molecule has 2 atom stereocenters. The van der Waals surface area contributed by atoms with E-state index in [9.17, 15) is 18.7 Å². The van der Waals surface area contributed by atoms with Gasteiger partial charge in [-0.15, -0.1) is 0 Å². The number of aliphatic hydroxyl groups excluding tert-OH is 1. The molecule has 3 fully saturated rings. The van der Waals surface area contributed by atoms with Crippen molar-refractivity contribution in [1.82, 2.24) is 20.2 Å². The fraction of sp³-hybridized carbons (Fsp3) is 0.500. The van der Waals surface area contributed by atoms with Gasteiger partial charge < -0.3 is 20.1 Å². The Labute approximate surface area is 205 Å². The molecular weight excluding hydrogens is 477 g/mol. The van der Waals surface area contributed by atoms with Crippen molar-refractivity contribution in [3.05, 3.63) is 29.6 Å². The van der Waals surface area contributed by atoms with Gasteiger partial charge in [0.05, 0.1) is 19.6 Å². The lowest BCUT2D eigenvalue weighted by Crippen LogP contribution is -2.52. The van der Waals surface area contributed by atoms with E-state index in [0.717, 1.165) is 37.8 Å². The summed E-state index contributed by atoms with van der Waals surface area (Å²) >= 11 is 0. The van der Waals surface area contributed by atoms with Crippen molar-refractivity contribution in [3.8, 4) is 11.5 Å². The third kappa shape index (κ3) is 4.12. The van der Waals surface area contributed by atoms with Gasteiger partial charge in [-0.1, -0.05) is 0 Å². The quantitative estimate of drug-likeness (QED) is 0.420. The predicted molar refractivity (Wildman–Crippen MR) is 126 cm³/mol. The predicted octanol–water partition coefficient (Wildman–Crippen LogP) is 3.26. The van der Waals surface area contributed by atoms with Gasteiger partial charge in [0.15, 0.2) is 23.3 Å². The number of aromatic nitrogens is 4. The Morgan fingerprint density at radius 2 is 1.92 bits per heavy atom. The van der Waals surface area contributed by atoms with Crippen LogP contribution >= 0.6 is 0 Å². The molecular formula is C24H27F3N6O3. The number of methoxy groups -OCH3 is 1. The maximum absolute atomic E-state index is 15.7. The van der Waals surface area contributed by atoms with Crippen LogP contribution in [0.25, 0.3) is 22.4 Å². The molecule has 36 heavy (non-hydrogen) atoms. The molecule has 0 saturated heterocycles. The number of likely N-dealkylation sites (N-methyl/N-ethyl adjacent to an activating group) is 1. The minimum absolute atomic E-state index is 0.0400. The highest BCUT2D eigenvalue weighted by Crippen LogP contribution is 2.47. The smallest absolute Gasteiger partial charge is 0.311 e. The number of anilines is 2. The molecule has 2 bridgehead atoms. The van der Waals surface area contributed by atoms with Crippen LogP contribution in [0, 0.1) is 35.2 Å². The highest BCUT2D eigenvalue weighted by atomic mass is 19.1. The van der Waals surface area contributed by atoms with E-state index in [-0.39, 0.29) is 65.0 Å². The summed E-state index contributed by atoms with van der Waals surface area (Å²) in [7, 11) is 2.90. The summed E-state index contributed by atoms with van der Waals surface area (Å²) in [5.41, 5.74) is 0.00854. The van der Waals surface area contributed by atoms with Crippen LogP contribution < -0.4 is 10.2 Å². The van der Waals surface area contributed by atoms with E-state index in [0.29, 0.717) is 0 Å². The second kappa shape index (κ2) is 9.57. The van der Waals surface area contributed by atoms with Crippen molar-refractivity contribution in [3.63, 3.8) is 0 Å².